The van der Waals surface area contributed by atoms with Gasteiger partial charge in [-0.2, -0.15) is 5.10 Å². The van der Waals surface area contributed by atoms with Crippen molar-refractivity contribution in [1.82, 2.24) is 14.6 Å². The summed E-state index contributed by atoms with van der Waals surface area (Å²) in [7, 11) is 0. The third-order valence-corrected chi connectivity index (χ3v) is 1.76. The van der Waals surface area contributed by atoms with E-state index in [4.69, 9.17) is 0 Å². The van der Waals surface area contributed by atoms with Crippen LogP contribution in [0, 0.1) is 0 Å². The lowest BCUT2D eigenvalue weighted by atomic mass is 10.6. The molecular formula is C6H5BrN4. The molecule has 56 valence electrons. The molecule has 11 heavy (non-hydrogen) atoms. The largest absolute Gasteiger partial charge is 0.307 e. The Hall–Kier alpha value is -1.10. The molecule has 1 N–H and O–H groups in total. The van der Waals surface area contributed by atoms with Crippen molar-refractivity contribution in [2.75, 3.05) is 4.34 Å². The summed E-state index contributed by atoms with van der Waals surface area (Å²) < 4.78 is 4.47. The van der Waals surface area contributed by atoms with E-state index < -0.39 is 0 Å². The lowest BCUT2D eigenvalue weighted by molar-refractivity contribution is 0.942. The zero-order valence-corrected chi connectivity index (χ0v) is 7.12. The number of nitrogens with one attached hydrogen (secondary N) is 1. The monoisotopic (exact) mass is 212 g/mol. The van der Waals surface area contributed by atoms with Crippen molar-refractivity contribution < 1.29 is 0 Å². The van der Waals surface area contributed by atoms with Crippen LogP contribution < -0.4 is 4.34 Å². The average molecular weight is 213 g/mol. The highest BCUT2D eigenvalue weighted by molar-refractivity contribution is 9.10. The van der Waals surface area contributed by atoms with Crippen LogP contribution in [0.25, 0.3) is 5.65 Å². The number of aromatic nitrogens is 3. The molecule has 0 radical (unpaired) electrons. The van der Waals surface area contributed by atoms with E-state index in [-0.39, 0.29) is 0 Å². The molecule has 0 aliphatic heterocycles. The molecule has 0 atom stereocenters. The molecule has 4 nitrogen and oxygen atoms in total. The van der Waals surface area contributed by atoms with Crippen LogP contribution in [0.5, 0.6) is 0 Å². The first-order valence-electron chi connectivity index (χ1n) is 3.07. The van der Waals surface area contributed by atoms with Gasteiger partial charge in [-0.05, 0) is 6.07 Å². The van der Waals surface area contributed by atoms with Crippen molar-refractivity contribution in [2.45, 2.75) is 0 Å². The van der Waals surface area contributed by atoms with Crippen molar-refractivity contribution in [2.24, 2.45) is 0 Å². The Labute approximate surface area is 71.6 Å². The topological polar surface area (TPSA) is 42.2 Å². The Bertz CT molecular complexity index is 369. The molecule has 0 spiro atoms. The van der Waals surface area contributed by atoms with E-state index >= 15 is 0 Å². The number of fused-ring (bicyclic) bond motifs is 1. The van der Waals surface area contributed by atoms with E-state index in [1.54, 1.807) is 10.7 Å². The first-order valence-corrected chi connectivity index (χ1v) is 3.86. The molecule has 2 rings (SSSR count). The van der Waals surface area contributed by atoms with Gasteiger partial charge in [-0.25, -0.2) is 9.50 Å². The maximum absolute atomic E-state index is 4.20. The highest BCUT2D eigenvalue weighted by Crippen LogP contribution is 2.06. The van der Waals surface area contributed by atoms with Crippen LogP contribution in [-0.2, 0) is 0 Å². The highest BCUT2D eigenvalue weighted by Gasteiger charge is 1.94. The molecule has 0 bridgehead atoms. The number of halogens is 1. The van der Waals surface area contributed by atoms with Crippen molar-refractivity contribution >= 4 is 27.6 Å². The Balaban J connectivity index is 2.67. The lowest BCUT2D eigenvalue weighted by Crippen LogP contribution is -1.91. The van der Waals surface area contributed by atoms with Crippen molar-refractivity contribution in [3.05, 3.63) is 24.5 Å². The summed E-state index contributed by atoms with van der Waals surface area (Å²) in [5.41, 5.74) is 0.828. The molecule has 0 aromatic carbocycles. The van der Waals surface area contributed by atoms with Gasteiger partial charge in [-0.1, -0.05) is 0 Å². The fourth-order valence-corrected chi connectivity index (χ4v) is 1.09. The van der Waals surface area contributed by atoms with Crippen LogP contribution in [0.1, 0.15) is 0 Å². The molecule has 0 fully saturated rings. The zero-order valence-electron chi connectivity index (χ0n) is 5.53. The summed E-state index contributed by atoms with van der Waals surface area (Å²) in [6.07, 6.45) is 3.55. The van der Waals surface area contributed by atoms with Crippen LogP contribution in [0.2, 0.25) is 0 Å². The quantitative estimate of drug-likeness (QED) is 0.729. The molecule has 0 unspecified atom stereocenters. The standard InChI is InChI=1S/C6H5BrN4/c7-10-5-2-4-11-6(9-5)1-3-8-11/h1-4H,(H,9,10). The normalized spacial score (nSPS) is 10.3. The molecule has 2 heterocycles. The van der Waals surface area contributed by atoms with Gasteiger partial charge >= 0.3 is 0 Å². The molecular weight excluding hydrogens is 208 g/mol. The Morgan fingerprint density at radius 1 is 1.45 bits per heavy atom. The Morgan fingerprint density at radius 3 is 3.18 bits per heavy atom. The van der Waals surface area contributed by atoms with E-state index in [0.29, 0.717) is 0 Å². The van der Waals surface area contributed by atoms with Gasteiger partial charge < -0.3 is 4.34 Å². The first kappa shape index (κ1) is 6.60. The second kappa shape index (κ2) is 2.50. The van der Waals surface area contributed by atoms with Gasteiger partial charge in [0.15, 0.2) is 5.65 Å². The highest BCUT2D eigenvalue weighted by atomic mass is 79.9. The van der Waals surface area contributed by atoms with Crippen LogP contribution in [0.3, 0.4) is 0 Å². The number of hydrogen-bond acceptors (Lipinski definition) is 3. The second-order valence-corrected chi connectivity index (χ2v) is 2.44. The van der Waals surface area contributed by atoms with E-state index in [1.165, 1.54) is 0 Å². The third-order valence-electron chi connectivity index (χ3n) is 1.35. The smallest absolute Gasteiger partial charge is 0.157 e. The fraction of sp³-hybridized carbons (Fsp3) is 0. The van der Waals surface area contributed by atoms with Crippen molar-refractivity contribution in [1.29, 1.82) is 0 Å². The molecule has 5 heteroatoms. The van der Waals surface area contributed by atoms with Crippen molar-refractivity contribution in [3.8, 4) is 0 Å². The first-order chi connectivity index (χ1) is 5.40. The fourth-order valence-electron chi connectivity index (χ4n) is 0.865. The second-order valence-electron chi connectivity index (χ2n) is 2.04. The summed E-state index contributed by atoms with van der Waals surface area (Å²) in [6.45, 7) is 0. The minimum Gasteiger partial charge on any atom is -0.307 e. The van der Waals surface area contributed by atoms with Gasteiger partial charge in [0.05, 0.1) is 6.20 Å². The summed E-state index contributed by atoms with van der Waals surface area (Å²) in [5.74, 6) is 0.776. The zero-order chi connectivity index (χ0) is 7.68. The predicted octanol–water partition coefficient (Wildman–Crippen LogP) is 1.45. The van der Waals surface area contributed by atoms with Gasteiger partial charge in [0.2, 0.25) is 0 Å². The average Bonchev–Trinajstić information content (AvgIpc) is 2.50. The van der Waals surface area contributed by atoms with Gasteiger partial charge in [-0.15, -0.1) is 0 Å². The van der Waals surface area contributed by atoms with Gasteiger partial charge in [0, 0.05) is 28.4 Å². The third kappa shape index (κ3) is 1.07. The minimum absolute atomic E-state index is 0.776. The molecule has 0 saturated carbocycles. The maximum atomic E-state index is 4.20. The number of hydrogen-bond donors (Lipinski definition) is 1. The Morgan fingerprint density at radius 2 is 2.36 bits per heavy atom. The van der Waals surface area contributed by atoms with E-state index in [1.807, 2.05) is 18.3 Å². The summed E-state index contributed by atoms with van der Waals surface area (Å²) >= 11 is 3.09. The summed E-state index contributed by atoms with van der Waals surface area (Å²) in [4.78, 5) is 4.20. The minimum atomic E-state index is 0.776. The molecule has 2 aromatic rings. The number of anilines is 1. The van der Waals surface area contributed by atoms with Crippen LogP contribution in [-0.4, -0.2) is 14.6 Å². The predicted molar refractivity (Wildman–Crippen MR) is 45.5 cm³/mol. The van der Waals surface area contributed by atoms with Gasteiger partial charge in [0.1, 0.15) is 5.82 Å². The van der Waals surface area contributed by atoms with Crippen LogP contribution >= 0.6 is 16.1 Å². The summed E-state index contributed by atoms with van der Waals surface area (Å²) in [6, 6.07) is 3.67. The maximum Gasteiger partial charge on any atom is 0.157 e. The molecule has 0 aliphatic rings. The molecule has 0 aliphatic carbocycles. The number of nitrogens with zero attached hydrogens (tertiary/aromatic N) is 3. The lowest BCUT2D eigenvalue weighted by Gasteiger charge is -1.95. The van der Waals surface area contributed by atoms with E-state index in [9.17, 15) is 0 Å². The van der Waals surface area contributed by atoms with Crippen molar-refractivity contribution in [3.63, 3.8) is 0 Å². The SMILES string of the molecule is BrNc1ccn2nccc2n1. The van der Waals surface area contributed by atoms with E-state index in [2.05, 4.69) is 30.6 Å². The van der Waals surface area contributed by atoms with E-state index in [0.717, 1.165) is 11.5 Å². The molecule has 0 amide bonds. The van der Waals surface area contributed by atoms with Gasteiger partial charge in [0.25, 0.3) is 0 Å². The van der Waals surface area contributed by atoms with Crippen LogP contribution in [0.4, 0.5) is 5.82 Å². The Kier molecular flexibility index (Phi) is 1.50. The number of rotatable bonds is 1. The van der Waals surface area contributed by atoms with Gasteiger partial charge in [-0.3, -0.25) is 0 Å². The summed E-state index contributed by atoms with van der Waals surface area (Å²) in [5, 5.41) is 4.01. The molecule has 2 aromatic heterocycles. The molecule has 0 saturated heterocycles. The van der Waals surface area contributed by atoms with Crippen LogP contribution in [0.15, 0.2) is 24.5 Å².